The maximum Gasteiger partial charge on any atom is 0.0615 e. The van der Waals surface area contributed by atoms with E-state index >= 15 is 0 Å². The number of methoxy groups -OCH3 is 1. The van der Waals surface area contributed by atoms with Crippen LogP contribution in [-0.4, -0.2) is 44.8 Å². The van der Waals surface area contributed by atoms with Crippen LogP contribution in [0.1, 0.15) is 6.92 Å². The first-order valence-corrected chi connectivity index (χ1v) is 6.61. The van der Waals surface area contributed by atoms with Gasteiger partial charge in [0.15, 0.2) is 0 Å². The van der Waals surface area contributed by atoms with Gasteiger partial charge in [-0.3, -0.25) is 4.90 Å². The van der Waals surface area contributed by atoms with Crippen molar-refractivity contribution in [3.05, 3.63) is 28.7 Å². The molecule has 0 bridgehead atoms. The average molecular weight is 301 g/mol. The summed E-state index contributed by atoms with van der Waals surface area (Å²) in [4.78, 5) is 2.29. The highest BCUT2D eigenvalue weighted by molar-refractivity contribution is 9.10. The van der Waals surface area contributed by atoms with Crippen LogP contribution in [-0.2, 0) is 4.74 Å². The summed E-state index contributed by atoms with van der Waals surface area (Å²) in [5.41, 5.74) is 1.15. The minimum absolute atomic E-state index is 0.448. The van der Waals surface area contributed by atoms with Crippen LogP contribution >= 0.6 is 15.9 Å². The minimum Gasteiger partial charge on any atom is -0.384 e. The lowest BCUT2D eigenvalue weighted by Crippen LogP contribution is -2.36. The first-order chi connectivity index (χ1) is 8.13. The van der Waals surface area contributed by atoms with Crippen LogP contribution < -0.4 is 5.32 Å². The van der Waals surface area contributed by atoms with Gasteiger partial charge in [-0.05, 0) is 32.2 Å². The van der Waals surface area contributed by atoms with E-state index in [0.717, 1.165) is 29.9 Å². The molecule has 17 heavy (non-hydrogen) atoms. The maximum atomic E-state index is 5.14. The molecule has 3 nitrogen and oxygen atoms in total. The third-order valence-electron chi connectivity index (χ3n) is 2.78. The van der Waals surface area contributed by atoms with Crippen LogP contribution in [0.15, 0.2) is 28.7 Å². The van der Waals surface area contributed by atoms with Crippen molar-refractivity contribution < 1.29 is 4.74 Å². The molecule has 0 spiro atoms. The number of anilines is 1. The fourth-order valence-electron chi connectivity index (χ4n) is 1.56. The summed E-state index contributed by atoms with van der Waals surface area (Å²) in [6.45, 7) is 4.87. The van der Waals surface area contributed by atoms with Crippen LogP contribution in [0.4, 0.5) is 5.69 Å². The summed E-state index contributed by atoms with van der Waals surface area (Å²) < 4.78 is 6.24. The molecule has 0 saturated carbocycles. The fraction of sp³-hybridized carbons (Fsp3) is 0.538. The molecule has 1 unspecified atom stereocenters. The quantitative estimate of drug-likeness (QED) is 0.838. The van der Waals surface area contributed by atoms with Crippen molar-refractivity contribution >= 4 is 21.6 Å². The first-order valence-electron chi connectivity index (χ1n) is 5.82. The second-order valence-corrected chi connectivity index (χ2v) is 5.14. The van der Waals surface area contributed by atoms with Gasteiger partial charge in [-0.2, -0.15) is 0 Å². The predicted molar refractivity (Wildman–Crippen MR) is 76.6 cm³/mol. The fourth-order valence-corrected chi connectivity index (χ4v) is 1.96. The van der Waals surface area contributed by atoms with E-state index in [1.54, 1.807) is 7.11 Å². The highest BCUT2D eigenvalue weighted by Crippen LogP contribution is 2.15. The molecule has 1 atom stereocenters. The Hall–Kier alpha value is -0.580. The summed E-state index contributed by atoms with van der Waals surface area (Å²) >= 11 is 3.46. The monoisotopic (exact) mass is 300 g/mol. The molecular formula is C13H21BrN2O. The summed E-state index contributed by atoms with van der Waals surface area (Å²) in [5.74, 6) is 0. The van der Waals surface area contributed by atoms with Crippen molar-refractivity contribution in [2.45, 2.75) is 13.0 Å². The van der Waals surface area contributed by atoms with Gasteiger partial charge in [0, 0.05) is 36.4 Å². The van der Waals surface area contributed by atoms with Gasteiger partial charge in [0.2, 0.25) is 0 Å². The molecular weight excluding hydrogens is 280 g/mol. The normalized spacial score (nSPS) is 12.8. The molecule has 96 valence electrons. The topological polar surface area (TPSA) is 24.5 Å². The Balaban J connectivity index is 2.28. The Morgan fingerprint density at radius 2 is 2.24 bits per heavy atom. The van der Waals surface area contributed by atoms with Crippen molar-refractivity contribution in [3.63, 3.8) is 0 Å². The number of hydrogen-bond donors (Lipinski definition) is 1. The van der Waals surface area contributed by atoms with E-state index in [-0.39, 0.29) is 0 Å². The standard InChI is InChI=1S/C13H21BrN2O/c1-11(10-17-3)16(2)8-7-15-13-6-4-5-12(14)9-13/h4-6,9,11,15H,7-8,10H2,1-3H3. The highest BCUT2D eigenvalue weighted by Gasteiger charge is 2.07. The van der Waals surface area contributed by atoms with Crippen molar-refractivity contribution in [1.82, 2.24) is 4.90 Å². The molecule has 4 heteroatoms. The first kappa shape index (κ1) is 14.5. The average Bonchev–Trinajstić information content (AvgIpc) is 2.29. The third kappa shape index (κ3) is 5.52. The lowest BCUT2D eigenvalue weighted by atomic mass is 10.3. The lowest BCUT2D eigenvalue weighted by Gasteiger charge is -2.24. The molecule has 0 saturated heterocycles. The van der Waals surface area contributed by atoms with Crippen molar-refractivity contribution in [1.29, 1.82) is 0 Å². The van der Waals surface area contributed by atoms with E-state index in [9.17, 15) is 0 Å². The number of benzene rings is 1. The Bertz CT molecular complexity index is 333. The van der Waals surface area contributed by atoms with Gasteiger partial charge in [-0.25, -0.2) is 0 Å². The van der Waals surface area contributed by atoms with Gasteiger partial charge in [-0.15, -0.1) is 0 Å². The Morgan fingerprint density at radius 3 is 2.88 bits per heavy atom. The molecule has 1 N–H and O–H groups in total. The molecule has 1 aromatic rings. The Morgan fingerprint density at radius 1 is 1.47 bits per heavy atom. The minimum atomic E-state index is 0.448. The van der Waals surface area contributed by atoms with E-state index in [1.165, 1.54) is 0 Å². The lowest BCUT2D eigenvalue weighted by molar-refractivity contribution is 0.118. The largest absolute Gasteiger partial charge is 0.384 e. The highest BCUT2D eigenvalue weighted by atomic mass is 79.9. The van der Waals surface area contributed by atoms with Crippen molar-refractivity contribution in [3.8, 4) is 0 Å². The number of rotatable bonds is 7. The van der Waals surface area contributed by atoms with E-state index < -0.39 is 0 Å². The van der Waals surface area contributed by atoms with Gasteiger partial charge >= 0.3 is 0 Å². The van der Waals surface area contributed by atoms with E-state index in [4.69, 9.17) is 4.74 Å². The van der Waals surface area contributed by atoms with Crippen LogP contribution in [0, 0.1) is 0 Å². The number of halogens is 1. The maximum absolute atomic E-state index is 5.14. The molecule has 0 aliphatic rings. The molecule has 0 amide bonds. The van der Waals surface area contributed by atoms with E-state index in [2.05, 4.69) is 52.3 Å². The molecule has 0 aliphatic carbocycles. The summed E-state index contributed by atoms with van der Waals surface area (Å²) in [6, 6.07) is 8.66. The molecule has 1 rings (SSSR count). The van der Waals surface area contributed by atoms with Crippen LogP contribution in [0.25, 0.3) is 0 Å². The molecule has 0 aromatic heterocycles. The molecule has 0 fully saturated rings. The van der Waals surface area contributed by atoms with Crippen LogP contribution in [0.5, 0.6) is 0 Å². The van der Waals surface area contributed by atoms with Gasteiger partial charge in [0.1, 0.15) is 0 Å². The SMILES string of the molecule is COCC(C)N(C)CCNc1cccc(Br)c1. The molecule has 0 radical (unpaired) electrons. The van der Waals surface area contributed by atoms with Gasteiger partial charge < -0.3 is 10.1 Å². The summed E-state index contributed by atoms with van der Waals surface area (Å²) in [5, 5.41) is 3.40. The number of nitrogens with zero attached hydrogens (tertiary/aromatic N) is 1. The predicted octanol–water partition coefficient (Wildman–Crippen LogP) is 2.83. The number of hydrogen-bond acceptors (Lipinski definition) is 3. The molecule has 0 aliphatic heterocycles. The zero-order chi connectivity index (χ0) is 12.7. The number of likely N-dealkylation sites (N-methyl/N-ethyl adjacent to an activating group) is 1. The van der Waals surface area contributed by atoms with Crippen LogP contribution in [0.2, 0.25) is 0 Å². The van der Waals surface area contributed by atoms with E-state index in [1.807, 2.05) is 12.1 Å². The summed E-state index contributed by atoms with van der Waals surface area (Å²) in [7, 11) is 3.86. The zero-order valence-electron chi connectivity index (χ0n) is 10.7. The summed E-state index contributed by atoms with van der Waals surface area (Å²) in [6.07, 6.45) is 0. The van der Waals surface area contributed by atoms with Crippen LogP contribution in [0.3, 0.4) is 0 Å². The second kappa shape index (κ2) is 7.69. The van der Waals surface area contributed by atoms with Gasteiger partial charge in [0.05, 0.1) is 6.61 Å². The smallest absolute Gasteiger partial charge is 0.0615 e. The number of ether oxygens (including phenoxy) is 1. The van der Waals surface area contributed by atoms with Crippen molar-refractivity contribution in [2.24, 2.45) is 0 Å². The third-order valence-corrected chi connectivity index (χ3v) is 3.27. The zero-order valence-corrected chi connectivity index (χ0v) is 12.3. The Kier molecular flexibility index (Phi) is 6.55. The molecule has 0 heterocycles. The molecule has 1 aromatic carbocycles. The Labute approximate surface area is 112 Å². The van der Waals surface area contributed by atoms with Gasteiger partial charge in [0.25, 0.3) is 0 Å². The van der Waals surface area contributed by atoms with Gasteiger partial charge in [-0.1, -0.05) is 22.0 Å². The second-order valence-electron chi connectivity index (χ2n) is 4.22. The van der Waals surface area contributed by atoms with E-state index in [0.29, 0.717) is 6.04 Å². The number of nitrogens with one attached hydrogen (secondary N) is 1. The van der Waals surface area contributed by atoms with Crippen molar-refractivity contribution in [2.75, 3.05) is 39.2 Å².